The van der Waals surface area contributed by atoms with Gasteiger partial charge in [0.1, 0.15) is 10.8 Å². The van der Waals surface area contributed by atoms with Crippen LogP contribution in [-0.2, 0) is 22.4 Å². The number of piperidine rings is 1. The van der Waals surface area contributed by atoms with Crippen molar-refractivity contribution >= 4 is 34.1 Å². The zero-order valence-electron chi connectivity index (χ0n) is 18.1. The SMILES string of the molecule is CCOC(=O)c1c(NC(=O)C2CCN(C(=O)c3cccc(F)c3)CC2)sc2c1CCCC2. The lowest BCUT2D eigenvalue weighted by Crippen LogP contribution is -2.41. The minimum absolute atomic E-state index is 0.132. The number of anilines is 1. The number of hydrogen-bond donors (Lipinski definition) is 1. The number of nitrogens with zero attached hydrogens (tertiary/aromatic N) is 1. The van der Waals surface area contributed by atoms with Crippen molar-refractivity contribution in [3.05, 3.63) is 51.7 Å². The number of carbonyl (C=O) groups excluding carboxylic acids is 3. The minimum atomic E-state index is -0.443. The molecule has 0 saturated carbocycles. The molecule has 0 atom stereocenters. The molecule has 32 heavy (non-hydrogen) atoms. The van der Waals surface area contributed by atoms with E-state index >= 15 is 0 Å². The lowest BCUT2D eigenvalue weighted by atomic mass is 9.94. The molecule has 0 bridgehead atoms. The first-order valence-electron chi connectivity index (χ1n) is 11.1. The van der Waals surface area contributed by atoms with E-state index in [9.17, 15) is 18.8 Å². The third kappa shape index (κ3) is 4.70. The Hall–Kier alpha value is -2.74. The van der Waals surface area contributed by atoms with Gasteiger partial charge in [-0.2, -0.15) is 0 Å². The van der Waals surface area contributed by atoms with Gasteiger partial charge in [-0.05, 0) is 69.2 Å². The summed E-state index contributed by atoms with van der Waals surface area (Å²) in [5, 5.41) is 3.57. The van der Waals surface area contributed by atoms with Gasteiger partial charge in [-0.1, -0.05) is 6.07 Å². The topological polar surface area (TPSA) is 75.7 Å². The Kier molecular flexibility index (Phi) is 6.89. The van der Waals surface area contributed by atoms with E-state index in [0.717, 1.165) is 36.1 Å². The number of benzene rings is 1. The number of thiophene rings is 1. The maximum atomic E-state index is 13.4. The van der Waals surface area contributed by atoms with Crippen molar-refractivity contribution in [1.29, 1.82) is 0 Å². The van der Waals surface area contributed by atoms with Crippen LogP contribution in [0.2, 0.25) is 0 Å². The molecule has 1 aliphatic heterocycles. The smallest absolute Gasteiger partial charge is 0.341 e. The van der Waals surface area contributed by atoms with Gasteiger partial charge < -0.3 is 15.0 Å². The number of rotatable bonds is 5. The van der Waals surface area contributed by atoms with Crippen LogP contribution in [0.3, 0.4) is 0 Å². The van der Waals surface area contributed by atoms with Crippen molar-refractivity contribution in [2.75, 3.05) is 25.0 Å². The average Bonchev–Trinajstić information content (AvgIpc) is 3.16. The highest BCUT2D eigenvalue weighted by Crippen LogP contribution is 2.39. The fraction of sp³-hybridized carbons (Fsp3) is 0.458. The van der Waals surface area contributed by atoms with Crippen LogP contribution in [0.25, 0.3) is 0 Å². The molecule has 0 unspecified atom stereocenters. The molecule has 6 nitrogen and oxygen atoms in total. The highest BCUT2D eigenvalue weighted by molar-refractivity contribution is 7.17. The number of likely N-dealkylation sites (tertiary alicyclic amines) is 1. The molecule has 1 N–H and O–H groups in total. The molecule has 1 aromatic carbocycles. The quantitative estimate of drug-likeness (QED) is 0.673. The van der Waals surface area contributed by atoms with Gasteiger partial charge in [0, 0.05) is 29.4 Å². The predicted molar refractivity (Wildman–Crippen MR) is 121 cm³/mol. The summed E-state index contributed by atoms with van der Waals surface area (Å²) in [4.78, 5) is 41.0. The van der Waals surface area contributed by atoms with Gasteiger partial charge in [-0.25, -0.2) is 9.18 Å². The van der Waals surface area contributed by atoms with E-state index in [-0.39, 0.29) is 30.3 Å². The molecular formula is C24H27FN2O4S. The summed E-state index contributed by atoms with van der Waals surface area (Å²) >= 11 is 1.48. The van der Waals surface area contributed by atoms with Crippen LogP contribution in [0.1, 0.15) is 63.8 Å². The summed E-state index contributed by atoms with van der Waals surface area (Å²) < 4.78 is 18.7. The number of fused-ring (bicyclic) bond motifs is 1. The molecule has 0 radical (unpaired) electrons. The van der Waals surface area contributed by atoms with Gasteiger partial charge in [0.15, 0.2) is 0 Å². The average molecular weight is 459 g/mol. The summed E-state index contributed by atoms with van der Waals surface area (Å²) in [6, 6.07) is 5.65. The van der Waals surface area contributed by atoms with Crippen LogP contribution in [0, 0.1) is 11.7 Å². The maximum absolute atomic E-state index is 13.4. The number of halogens is 1. The predicted octanol–water partition coefficient (Wildman–Crippen LogP) is 4.43. The number of amides is 2. The van der Waals surface area contributed by atoms with Crippen molar-refractivity contribution in [3.8, 4) is 0 Å². The second-order valence-electron chi connectivity index (χ2n) is 8.20. The van der Waals surface area contributed by atoms with E-state index < -0.39 is 5.82 Å². The van der Waals surface area contributed by atoms with Gasteiger partial charge in [0.05, 0.1) is 12.2 Å². The van der Waals surface area contributed by atoms with Crippen LogP contribution in [0.5, 0.6) is 0 Å². The second-order valence-corrected chi connectivity index (χ2v) is 9.31. The molecule has 4 rings (SSSR count). The Morgan fingerprint density at radius 2 is 1.94 bits per heavy atom. The number of esters is 1. The van der Waals surface area contributed by atoms with Crippen LogP contribution in [0.15, 0.2) is 24.3 Å². The summed E-state index contributed by atoms with van der Waals surface area (Å²) in [6.07, 6.45) is 4.90. The van der Waals surface area contributed by atoms with E-state index in [0.29, 0.717) is 42.1 Å². The van der Waals surface area contributed by atoms with Crippen LogP contribution < -0.4 is 5.32 Å². The van der Waals surface area contributed by atoms with E-state index in [1.807, 2.05) is 0 Å². The Bertz CT molecular complexity index is 1030. The normalized spacial score (nSPS) is 16.4. The Morgan fingerprint density at radius 3 is 2.66 bits per heavy atom. The molecule has 1 saturated heterocycles. The first-order chi connectivity index (χ1) is 15.5. The van der Waals surface area contributed by atoms with Gasteiger partial charge >= 0.3 is 5.97 Å². The van der Waals surface area contributed by atoms with Gasteiger partial charge in [-0.3, -0.25) is 9.59 Å². The fourth-order valence-corrected chi connectivity index (χ4v) is 5.72. The van der Waals surface area contributed by atoms with Gasteiger partial charge in [0.2, 0.25) is 5.91 Å². The van der Waals surface area contributed by atoms with Crippen molar-refractivity contribution in [2.45, 2.75) is 45.4 Å². The zero-order chi connectivity index (χ0) is 22.7. The lowest BCUT2D eigenvalue weighted by molar-refractivity contribution is -0.121. The van der Waals surface area contributed by atoms with Gasteiger partial charge in [0.25, 0.3) is 5.91 Å². The molecule has 2 aromatic rings. The lowest BCUT2D eigenvalue weighted by Gasteiger charge is -2.31. The largest absolute Gasteiger partial charge is 0.462 e. The molecule has 8 heteroatoms. The number of ether oxygens (including phenoxy) is 1. The van der Waals surface area contributed by atoms with E-state index in [4.69, 9.17) is 4.74 Å². The Labute approximate surface area is 190 Å². The third-order valence-electron chi connectivity index (χ3n) is 6.11. The summed E-state index contributed by atoms with van der Waals surface area (Å²) in [7, 11) is 0. The van der Waals surface area contributed by atoms with Crippen LogP contribution >= 0.6 is 11.3 Å². The zero-order valence-corrected chi connectivity index (χ0v) is 18.9. The Balaban J connectivity index is 1.42. The van der Waals surface area contributed by atoms with Crippen LogP contribution in [-0.4, -0.2) is 42.4 Å². The molecule has 2 aliphatic rings. The number of hydrogen-bond acceptors (Lipinski definition) is 5. The van der Waals surface area contributed by atoms with E-state index in [2.05, 4.69) is 5.32 Å². The molecule has 1 aromatic heterocycles. The molecule has 0 spiro atoms. The van der Waals surface area contributed by atoms with E-state index in [1.54, 1.807) is 17.9 Å². The summed E-state index contributed by atoms with van der Waals surface area (Å²) in [5.74, 6) is -1.43. The number of nitrogens with one attached hydrogen (secondary N) is 1. The Morgan fingerprint density at radius 1 is 1.19 bits per heavy atom. The van der Waals surface area contributed by atoms with Crippen molar-refractivity contribution in [3.63, 3.8) is 0 Å². The maximum Gasteiger partial charge on any atom is 0.341 e. The number of aryl methyl sites for hydroxylation is 1. The molecule has 2 amide bonds. The van der Waals surface area contributed by atoms with Crippen molar-refractivity contribution in [2.24, 2.45) is 5.92 Å². The van der Waals surface area contributed by atoms with Crippen molar-refractivity contribution in [1.82, 2.24) is 4.90 Å². The fourth-order valence-electron chi connectivity index (χ4n) is 4.44. The highest BCUT2D eigenvalue weighted by atomic mass is 32.1. The number of carbonyl (C=O) groups is 3. The molecule has 170 valence electrons. The first-order valence-corrected chi connectivity index (χ1v) is 12.0. The highest BCUT2D eigenvalue weighted by Gasteiger charge is 2.31. The molecule has 1 fully saturated rings. The molecular weight excluding hydrogens is 431 g/mol. The monoisotopic (exact) mass is 458 g/mol. The molecule has 1 aliphatic carbocycles. The van der Waals surface area contributed by atoms with Gasteiger partial charge in [-0.15, -0.1) is 11.3 Å². The first kappa shape index (κ1) is 22.5. The standard InChI is InChI=1S/C24H27FN2O4S/c1-2-31-24(30)20-18-8-3-4-9-19(18)32-22(20)26-21(28)15-10-12-27(13-11-15)23(29)16-6-5-7-17(25)14-16/h5-7,14-15H,2-4,8-13H2,1H3,(H,26,28). The third-order valence-corrected chi connectivity index (χ3v) is 7.32. The molecule has 2 heterocycles. The summed E-state index contributed by atoms with van der Waals surface area (Å²) in [6.45, 7) is 2.92. The van der Waals surface area contributed by atoms with Crippen LogP contribution in [0.4, 0.5) is 9.39 Å². The second kappa shape index (κ2) is 9.81. The summed E-state index contributed by atoms with van der Waals surface area (Å²) in [5.41, 5.74) is 1.85. The minimum Gasteiger partial charge on any atom is -0.462 e. The van der Waals surface area contributed by atoms with Crippen molar-refractivity contribution < 1.29 is 23.5 Å². The van der Waals surface area contributed by atoms with E-state index in [1.165, 1.54) is 29.5 Å².